The molecule has 0 aliphatic carbocycles. The summed E-state index contributed by atoms with van der Waals surface area (Å²) in [6, 6.07) is 7.43. The Morgan fingerprint density at radius 3 is 2.70 bits per heavy atom. The first-order valence-electron chi connectivity index (χ1n) is 7.26. The summed E-state index contributed by atoms with van der Waals surface area (Å²) in [4.78, 5) is 21.0. The molecular weight excluding hydrogens is 403 g/mol. The number of amides is 1. The van der Waals surface area contributed by atoms with E-state index in [9.17, 15) is 4.79 Å². The van der Waals surface area contributed by atoms with Crippen LogP contribution in [0.2, 0.25) is 0 Å². The Hall–Kier alpha value is -1.96. The second-order valence-corrected chi connectivity index (χ2v) is 7.58. The van der Waals surface area contributed by atoms with Gasteiger partial charge in [0.2, 0.25) is 0 Å². The zero-order chi connectivity index (χ0) is 16.6. The van der Waals surface area contributed by atoms with E-state index in [1.165, 1.54) is 0 Å². The van der Waals surface area contributed by atoms with Crippen LogP contribution in [0.3, 0.4) is 0 Å². The van der Waals surface area contributed by atoms with Crippen molar-refractivity contribution in [3.05, 3.63) is 57.7 Å². The van der Waals surface area contributed by atoms with Crippen LogP contribution in [0.4, 0.5) is 5.82 Å². The van der Waals surface area contributed by atoms with Crippen LogP contribution in [0.25, 0.3) is 5.65 Å². The molecule has 0 aliphatic heterocycles. The smallest absolute Gasteiger partial charge is 0.258 e. The highest BCUT2D eigenvalue weighted by molar-refractivity contribution is 14.1. The number of aromatic nitrogens is 3. The predicted molar refractivity (Wildman–Crippen MR) is 98.8 cm³/mol. The van der Waals surface area contributed by atoms with E-state index in [-0.39, 0.29) is 11.3 Å². The quantitative estimate of drug-likeness (QED) is 0.641. The van der Waals surface area contributed by atoms with Gasteiger partial charge in [-0.2, -0.15) is 0 Å². The summed E-state index contributed by atoms with van der Waals surface area (Å²) < 4.78 is 3.16. The van der Waals surface area contributed by atoms with Gasteiger partial charge >= 0.3 is 0 Å². The van der Waals surface area contributed by atoms with Crippen molar-refractivity contribution < 1.29 is 4.79 Å². The summed E-state index contributed by atoms with van der Waals surface area (Å²) in [5.74, 6) is 0.384. The molecule has 3 rings (SSSR count). The van der Waals surface area contributed by atoms with E-state index >= 15 is 0 Å². The monoisotopic (exact) mass is 420 g/mol. The summed E-state index contributed by atoms with van der Waals surface area (Å²) in [5.41, 5.74) is 2.14. The number of pyridine rings is 2. The molecule has 1 N–H and O–H groups in total. The van der Waals surface area contributed by atoms with Crippen molar-refractivity contribution in [2.75, 3.05) is 5.32 Å². The maximum absolute atomic E-state index is 12.4. The fraction of sp³-hybridized carbons (Fsp3) is 0.235. The first-order chi connectivity index (χ1) is 10.9. The molecule has 0 aliphatic rings. The van der Waals surface area contributed by atoms with Gasteiger partial charge in [-0.1, -0.05) is 20.8 Å². The number of carbonyl (C=O) groups is 1. The summed E-state index contributed by atoms with van der Waals surface area (Å²) in [7, 11) is 0. The Morgan fingerprint density at radius 1 is 1.26 bits per heavy atom. The van der Waals surface area contributed by atoms with Gasteiger partial charge < -0.3 is 9.72 Å². The fourth-order valence-electron chi connectivity index (χ4n) is 2.50. The van der Waals surface area contributed by atoms with Crippen molar-refractivity contribution in [2.24, 2.45) is 0 Å². The molecule has 3 heterocycles. The maximum atomic E-state index is 12.4. The molecule has 0 unspecified atom stereocenters. The number of anilines is 1. The minimum absolute atomic E-state index is 0.165. The number of fused-ring (bicyclic) bond motifs is 1. The number of halogens is 1. The zero-order valence-corrected chi connectivity index (χ0v) is 15.3. The van der Waals surface area contributed by atoms with Crippen LogP contribution in [0.5, 0.6) is 0 Å². The van der Waals surface area contributed by atoms with Crippen LogP contribution >= 0.6 is 22.6 Å². The molecular formula is C17H17IN4O. The molecule has 0 saturated heterocycles. The normalized spacial score (nSPS) is 11.7. The number of imidazole rings is 1. The summed E-state index contributed by atoms with van der Waals surface area (Å²) in [6.07, 6.45) is 5.22. The van der Waals surface area contributed by atoms with Gasteiger partial charge in [-0.15, -0.1) is 0 Å². The molecule has 3 aromatic heterocycles. The maximum Gasteiger partial charge on any atom is 0.258 e. The van der Waals surface area contributed by atoms with E-state index in [0.717, 1.165) is 14.9 Å². The third kappa shape index (κ3) is 3.21. The van der Waals surface area contributed by atoms with Gasteiger partial charge in [-0.3, -0.25) is 9.78 Å². The van der Waals surface area contributed by atoms with Crippen molar-refractivity contribution in [2.45, 2.75) is 26.2 Å². The second kappa shape index (κ2) is 5.92. The average molecular weight is 420 g/mol. The van der Waals surface area contributed by atoms with Crippen molar-refractivity contribution in [3.63, 3.8) is 0 Å². The highest BCUT2D eigenvalue weighted by atomic mass is 127. The van der Waals surface area contributed by atoms with E-state index in [4.69, 9.17) is 0 Å². The lowest BCUT2D eigenvalue weighted by molar-refractivity contribution is 0.102. The van der Waals surface area contributed by atoms with Gasteiger partial charge in [0.25, 0.3) is 5.91 Å². The largest absolute Gasteiger partial charge is 0.305 e. The van der Waals surface area contributed by atoms with Gasteiger partial charge in [-0.25, -0.2) is 4.98 Å². The van der Waals surface area contributed by atoms with Crippen LogP contribution < -0.4 is 5.32 Å². The van der Waals surface area contributed by atoms with Gasteiger partial charge in [0.1, 0.15) is 5.65 Å². The Kier molecular flexibility index (Phi) is 4.09. The highest BCUT2D eigenvalue weighted by Gasteiger charge is 2.25. The van der Waals surface area contributed by atoms with Crippen molar-refractivity contribution >= 4 is 40.0 Å². The Morgan fingerprint density at radius 2 is 2.04 bits per heavy atom. The first kappa shape index (κ1) is 15.9. The van der Waals surface area contributed by atoms with Crippen LogP contribution in [0.1, 0.15) is 36.8 Å². The van der Waals surface area contributed by atoms with Gasteiger partial charge in [-0.05, 0) is 46.9 Å². The molecule has 118 valence electrons. The van der Waals surface area contributed by atoms with Crippen LogP contribution in [0.15, 0.2) is 42.9 Å². The molecule has 6 heteroatoms. The van der Waals surface area contributed by atoms with Crippen LogP contribution in [-0.4, -0.2) is 20.3 Å². The topological polar surface area (TPSA) is 59.3 Å². The molecule has 3 aromatic rings. The van der Waals surface area contributed by atoms with E-state index in [1.54, 1.807) is 24.5 Å². The number of nitrogens with zero attached hydrogens (tertiary/aromatic N) is 3. The average Bonchev–Trinajstić information content (AvgIpc) is 2.85. The summed E-state index contributed by atoms with van der Waals surface area (Å²) >= 11 is 2.27. The van der Waals surface area contributed by atoms with E-state index in [0.29, 0.717) is 11.4 Å². The highest BCUT2D eigenvalue weighted by Crippen LogP contribution is 2.31. The minimum atomic E-state index is -0.207. The molecule has 0 saturated carbocycles. The number of hydrogen-bond donors (Lipinski definition) is 1. The van der Waals surface area contributed by atoms with Crippen molar-refractivity contribution in [3.8, 4) is 0 Å². The predicted octanol–water partition coefficient (Wildman–Crippen LogP) is 3.88. The standard InChI is InChI=1S/C17H17IN4O/c1-17(2,3)14-15(20-13-7-6-12(18)10-22(13)14)21-16(23)11-5-4-8-19-9-11/h4-10H,1-3H3,(H,21,23). The third-order valence-corrected chi connectivity index (χ3v) is 4.09. The van der Waals surface area contributed by atoms with Crippen LogP contribution in [0, 0.1) is 3.57 Å². The van der Waals surface area contributed by atoms with Crippen molar-refractivity contribution in [1.29, 1.82) is 0 Å². The van der Waals surface area contributed by atoms with Gasteiger partial charge in [0.15, 0.2) is 5.82 Å². The third-order valence-electron chi connectivity index (χ3n) is 3.45. The lowest BCUT2D eigenvalue weighted by atomic mass is 9.92. The molecule has 1 amide bonds. The molecule has 0 bridgehead atoms. The Labute approximate surface area is 148 Å². The lowest BCUT2D eigenvalue weighted by Crippen LogP contribution is -2.20. The van der Waals surface area contributed by atoms with Crippen molar-refractivity contribution in [1.82, 2.24) is 14.4 Å². The fourth-order valence-corrected chi connectivity index (χ4v) is 2.96. The molecule has 0 aromatic carbocycles. The lowest BCUT2D eigenvalue weighted by Gasteiger charge is -2.20. The second-order valence-electron chi connectivity index (χ2n) is 6.33. The van der Waals surface area contributed by atoms with E-state index < -0.39 is 0 Å². The SMILES string of the molecule is CC(C)(C)c1c(NC(=O)c2cccnc2)nc2ccc(I)cn12. The molecule has 0 spiro atoms. The first-order valence-corrected chi connectivity index (χ1v) is 8.33. The molecule has 0 atom stereocenters. The van der Waals surface area contributed by atoms with Gasteiger partial charge in [0.05, 0.1) is 11.3 Å². The van der Waals surface area contributed by atoms with E-state index in [1.807, 2.05) is 22.7 Å². The summed E-state index contributed by atoms with van der Waals surface area (Å²) in [5, 5.41) is 2.93. The minimum Gasteiger partial charge on any atom is -0.305 e. The van der Waals surface area contributed by atoms with E-state index in [2.05, 4.69) is 58.6 Å². The Bertz CT molecular complexity index is 865. The summed E-state index contributed by atoms with van der Waals surface area (Å²) in [6.45, 7) is 6.32. The number of rotatable bonds is 2. The molecule has 0 fully saturated rings. The number of nitrogens with one attached hydrogen (secondary N) is 1. The van der Waals surface area contributed by atoms with Gasteiger partial charge in [0, 0.05) is 27.6 Å². The van der Waals surface area contributed by atoms with Crippen LogP contribution in [-0.2, 0) is 5.41 Å². The molecule has 5 nitrogen and oxygen atoms in total. The number of hydrogen-bond acceptors (Lipinski definition) is 3. The molecule has 0 radical (unpaired) electrons. The molecule has 23 heavy (non-hydrogen) atoms. The zero-order valence-electron chi connectivity index (χ0n) is 13.2. The number of carbonyl (C=O) groups excluding carboxylic acids is 1. The Balaban J connectivity index is 2.08.